The van der Waals surface area contributed by atoms with Crippen LogP contribution in [0.4, 0.5) is 0 Å². The Labute approximate surface area is 337 Å². The van der Waals surface area contributed by atoms with E-state index < -0.39 is 91.4 Å². The predicted molar refractivity (Wildman–Crippen MR) is 218 cm³/mol. The van der Waals surface area contributed by atoms with Gasteiger partial charge in [-0.2, -0.15) is 0 Å². The summed E-state index contributed by atoms with van der Waals surface area (Å²) in [4.78, 5) is 25.8. The number of ether oxygens (including phenoxy) is 5. The van der Waals surface area contributed by atoms with Gasteiger partial charge in [-0.3, -0.25) is 14.3 Å². The van der Waals surface area contributed by atoms with E-state index in [1.807, 2.05) is 6.92 Å². The number of nitrogens with two attached hydrogens (primary N) is 1. The van der Waals surface area contributed by atoms with E-state index in [1.165, 1.54) is 7.11 Å². The third-order valence-electron chi connectivity index (χ3n) is 10.4. The number of carbonyl (C=O) groups is 2. The lowest BCUT2D eigenvalue weighted by Gasteiger charge is -2.53. The van der Waals surface area contributed by atoms with Crippen molar-refractivity contribution in [3.05, 3.63) is 0 Å². The Morgan fingerprint density at radius 3 is 2.00 bits per heavy atom. The number of aliphatic hydroxyl groups excluding tert-OH is 2. The van der Waals surface area contributed by atoms with Gasteiger partial charge in [-0.25, -0.2) is 0 Å². The van der Waals surface area contributed by atoms with Crippen molar-refractivity contribution in [3.8, 4) is 0 Å². The van der Waals surface area contributed by atoms with Gasteiger partial charge in [0.25, 0.3) is 0 Å². The minimum absolute atomic E-state index is 0.112. The van der Waals surface area contributed by atoms with Crippen LogP contribution in [-0.4, -0.2) is 153 Å². The SMILES string of the molecule is CCCCCC(=O)NC1[C@@H](O)[C@H](C)C(COCC(=O)NCCC[Si](C)(C)O[Si](C)(C)O[Si](C)(C)CCCN)O[C@@]1(O)O[C@@]1(O)OC(CNC)[C@H](C)C(O)[C@H]1OC. The molecule has 0 aliphatic carbocycles. The van der Waals surface area contributed by atoms with Crippen molar-refractivity contribution >= 4 is 37.0 Å². The lowest BCUT2D eigenvalue weighted by molar-refractivity contribution is -0.545. The standard InChI is InChI=1S/C36H76N4O13Si3/c1-12-13-14-17-29(41)40-33-31(43)26(3)28(50-35(33,45)51-36(46)34(47-5)32(44)25(2)27(49-36)22-38-4)23-48-24-30(42)39-19-16-21-55(8,9)53-56(10,11)52-54(6,7)20-15-18-37/h25-28,31-34,38,43-46H,12-24,37H2,1-11H3,(H,39,42)(H,40,41)/t25-,26+,27?,28?,31-,32?,33?,34+,35+,36-/m0/s1. The molecule has 2 aliphatic rings. The van der Waals surface area contributed by atoms with Crippen molar-refractivity contribution in [1.82, 2.24) is 16.0 Å². The fourth-order valence-corrected chi connectivity index (χ4v) is 21.6. The Balaban J connectivity index is 2.08. The van der Waals surface area contributed by atoms with E-state index in [0.717, 1.165) is 31.4 Å². The number of nitrogens with one attached hydrogen (secondary N) is 3. The second-order valence-electron chi connectivity index (χ2n) is 17.1. The lowest BCUT2D eigenvalue weighted by Crippen LogP contribution is -2.74. The van der Waals surface area contributed by atoms with Gasteiger partial charge in [-0.15, -0.1) is 0 Å². The molecular formula is C36H76N4O13Si3. The van der Waals surface area contributed by atoms with Gasteiger partial charge in [-0.05, 0) is 84.2 Å². The van der Waals surface area contributed by atoms with E-state index in [9.17, 15) is 30.0 Å². The zero-order valence-corrected chi connectivity index (χ0v) is 38.9. The molecule has 0 aromatic rings. The number of unbranched alkanes of at least 4 members (excludes halogenated alkanes) is 2. The summed E-state index contributed by atoms with van der Waals surface area (Å²) in [6, 6.07) is 0.217. The van der Waals surface area contributed by atoms with Gasteiger partial charge in [0.15, 0.2) is 22.7 Å². The summed E-state index contributed by atoms with van der Waals surface area (Å²) in [5.41, 5.74) is 5.72. The molecule has 10 atom stereocenters. The highest BCUT2D eigenvalue weighted by atomic mass is 28.5. The minimum atomic E-state index is -2.90. The first-order valence-electron chi connectivity index (χ1n) is 20.3. The maximum absolute atomic E-state index is 13.0. The number of rotatable bonds is 25. The Hall–Kier alpha value is -0.929. The molecule has 9 N–H and O–H groups in total. The Morgan fingerprint density at radius 1 is 0.839 bits per heavy atom. The zero-order valence-electron chi connectivity index (χ0n) is 35.9. The van der Waals surface area contributed by atoms with Gasteiger partial charge in [0.2, 0.25) is 11.8 Å². The van der Waals surface area contributed by atoms with Gasteiger partial charge in [0, 0.05) is 38.5 Å². The molecule has 0 radical (unpaired) electrons. The number of hydrogen-bond acceptors (Lipinski definition) is 15. The molecule has 20 heteroatoms. The summed E-state index contributed by atoms with van der Waals surface area (Å²) < 4.78 is 42.0. The quantitative estimate of drug-likeness (QED) is 0.0368. The summed E-state index contributed by atoms with van der Waals surface area (Å²) in [5.74, 6) is -7.80. The Kier molecular flexibility index (Phi) is 20.7. The second kappa shape index (κ2) is 22.6. The zero-order chi connectivity index (χ0) is 42.5. The first-order valence-corrected chi connectivity index (χ1v) is 29.3. The maximum Gasteiger partial charge on any atom is 0.315 e. The lowest BCUT2D eigenvalue weighted by atomic mass is 9.87. The molecule has 2 aliphatic heterocycles. The smallest absolute Gasteiger partial charge is 0.315 e. The van der Waals surface area contributed by atoms with E-state index in [4.69, 9.17) is 37.6 Å². The molecule has 2 heterocycles. The molecule has 0 bridgehead atoms. The summed E-state index contributed by atoms with van der Waals surface area (Å²) in [7, 11) is -3.43. The third kappa shape index (κ3) is 15.6. The van der Waals surface area contributed by atoms with Crippen LogP contribution in [0.15, 0.2) is 0 Å². The molecule has 330 valence electrons. The highest BCUT2D eigenvalue weighted by Crippen LogP contribution is 2.41. The monoisotopic (exact) mass is 856 g/mol. The summed E-state index contributed by atoms with van der Waals surface area (Å²) in [6.07, 6.45) is -2.15. The van der Waals surface area contributed by atoms with Crippen molar-refractivity contribution < 1.29 is 61.9 Å². The molecule has 0 saturated carbocycles. The van der Waals surface area contributed by atoms with Gasteiger partial charge in [-0.1, -0.05) is 33.6 Å². The van der Waals surface area contributed by atoms with Crippen LogP contribution in [0.5, 0.6) is 0 Å². The second-order valence-corrected chi connectivity index (χ2v) is 29.5. The van der Waals surface area contributed by atoms with Gasteiger partial charge >= 0.3 is 20.5 Å². The molecule has 2 rings (SSSR count). The Bertz CT molecular complexity index is 1210. The molecule has 2 fully saturated rings. The van der Waals surface area contributed by atoms with Crippen molar-refractivity contribution in [2.75, 3.05) is 47.0 Å². The fourth-order valence-electron chi connectivity index (χ4n) is 7.52. The normalized spacial score (nSPS) is 31.6. The maximum atomic E-state index is 13.0. The van der Waals surface area contributed by atoms with Crippen LogP contribution in [-0.2, 0) is 41.5 Å². The molecule has 56 heavy (non-hydrogen) atoms. The Morgan fingerprint density at radius 2 is 1.43 bits per heavy atom. The van der Waals surface area contributed by atoms with Crippen LogP contribution in [0, 0.1) is 11.8 Å². The highest BCUT2D eigenvalue weighted by Gasteiger charge is 2.63. The van der Waals surface area contributed by atoms with Crippen LogP contribution < -0.4 is 21.7 Å². The summed E-state index contributed by atoms with van der Waals surface area (Å²) in [5, 5.41) is 54.8. The third-order valence-corrected chi connectivity index (χ3v) is 21.9. The van der Waals surface area contributed by atoms with Crippen molar-refractivity contribution in [1.29, 1.82) is 0 Å². The minimum Gasteiger partial charge on any atom is -0.437 e. The highest BCUT2D eigenvalue weighted by molar-refractivity contribution is 6.87. The van der Waals surface area contributed by atoms with E-state index in [0.29, 0.717) is 25.9 Å². The van der Waals surface area contributed by atoms with Gasteiger partial charge in [0.05, 0.1) is 31.0 Å². The average molecular weight is 857 g/mol. The molecular weight excluding hydrogens is 781 g/mol. The van der Waals surface area contributed by atoms with Crippen LogP contribution in [0.1, 0.15) is 59.3 Å². The number of aliphatic hydroxyl groups is 4. The molecule has 0 spiro atoms. The molecule has 0 aromatic heterocycles. The fraction of sp³-hybridized carbons (Fsp3) is 0.944. The molecule has 4 unspecified atom stereocenters. The first-order chi connectivity index (χ1) is 26.0. The topological polar surface area (TPSA) is 242 Å². The van der Waals surface area contributed by atoms with E-state index in [2.05, 4.69) is 55.2 Å². The van der Waals surface area contributed by atoms with Crippen molar-refractivity contribution in [2.45, 2.75) is 159 Å². The van der Waals surface area contributed by atoms with Crippen molar-refractivity contribution in [2.24, 2.45) is 17.6 Å². The number of amides is 2. The van der Waals surface area contributed by atoms with E-state index >= 15 is 0 Å². The number of methoxy groups -OCH3 is 1. The number of likely N-dealkylation sites (N-methyl/N-ethyl adjacent to an activating group) is 1. The van der Waals surface area contributed by atoms with Gasteiger partial charge in [0.1, 0.15) is 12.6 Å². The first kappa shape index (κ1) is 51.2. The van der Waals surface area contributed by atoms with Crippen molar-refractivity contribution in [3.63, 3.8) is 0 Å². The largest absolute Gasteiger partial charge is 0.437 e. The van der Waals surface area contributed by atoms with E-state index in [1.54, 1.807) is 20.9 Å². The summed E-state index contributed by atoms with van der Waals surface area (Å²) in [6.45, 7) is 18.9. The molecule has 17 nitrogen and oxygen atoms in total. The summed E-state index contributed by atoms with van der Waals surface area (Å²) >= 11 is 0. The number of carbonyl (C=O) groups excluding carboxylic acids is 2. The van der Waals surface area contributed by atoms with Gasteiger partial charge < -0.3 is 69.3 Å². The van der Waals surface area contributed by atoms with Crippen LogP contribution >= 0.6 is 0 Å². The predicted octanol–water partition coefficient (Wildman–Crippen LogP) is 1.40. The number of hydrogen-bond donors (Lipinski definition) is 8. The van der Waals surface area contributed by atoms with Crippen LogP contribution in [0.3, 0.4) is 0 Å². The van der Waals surface area contributed by atoms with Crippen LogP contribution in [0.2, 0.25) is 51.4 Å². The molecule has 2 saturated heterocycles. The van der Waals surface area contributed by atoms with Crippen LogP contribution in [0.25, 0.3) is 0 Å². The van der Waals surface area contributed by atoms with E-state index in [-0.39, 0.29) is 32.1 Å². The molecule has 2 amide bonds. The average Bonchev–Trinajstić information content (AvgIpc) is 3.08. The molecule has 0 aromatic carbocycles.